The summed E-state index contributed by atoms with van der Waals surface area (Å²) in [5.74, 6) is -4.22. The van der Waals surface area contributed by atoms with Gasteiger partial charge in [-0.25, -0.2) is 8.78 Å². The van der Waals surface area contributed by atoms with Crippen LogP contribution in [0.1, 0.15) is 22.3 Å². The lowest BCUT2D eigenvalue weighted by Crippen LogP contribution is -2.16. The van der Waals surface area contributed by atoms with Gasteiger partial charge >= 0.3 is 6.18 Å². The Morgan fingerprint density at radius 2 is 1.42 bits per heavy atom. The van der Waals surface area contributed by atoms with Crippen molar-refractivity contribution in [3.8, 4) is 18.2 Å². The van der Waals surface area contributed by atoms with Gasteiger partial charge in [0, 0.05) is 5.56 Å². The van der Waals surface area contributed by atoms with Gasteiger partial charge in [-0.2, -0.15) is 29.0 Å². The maximum atomic E-state index is 13.5. The highest BCUT2D eigenvalue weighted by Gasteiger charge is 2.41. The van der Waals surface area contributed by atoms with Crippen LogP contribution in [0.4, 0.5) is 22.0 Å². The lowest BCUT2D eigenvalue weighted by molar-refractivity contribution is -0.140. The van der Waals surface area contributed by atoms with Crippen LogP contribution in [-0.2, 0) is 12.6 Å². The monoisotopic (exact) mass is 271 g/mol. The summed E-state index contributed by atoms with van der Waals surface area (Å²) >= 11 is 0. The summed E-state index contributed by atoms with van der Waals surface area (Å²) in [5.41, 5.74) is -5.28. The topological polar surface area (TPSA) is 71.4 Å². The van der Waals surface area contributed by atoms with Crippen LogP contribution in [0.2, 0.25) is 0 Å². The number of halogens is 5. The molecule has 0 unspecified atom stereocenters. The van der Waals surface area contributed by atoms with E-state index in [2.05, 4.69) is 0 Å². The molecule has 1 aromatic rings. The molecule has 0 N–H and O–H groups in total. The zero-order valence-electron chi connectivity index (χ0n) is 8.94. The molecule has 3 nitrogen and oxygen atoms in total. The molecule has 0 spiro atoms. The highest BCUT2D eigenvalue weighted by molar-refractivity contribution is 5.57. The number of rotatable bonds is 1. The molecule has 0 aromatic heterocycles. The van der Waals surface area contributed by atoms with Crippen LogP contribution in [0.15, 0.2) is 0 Å². The second-order valence-corrected chi connectivity index (χ2v) is 3.29. The Balaban J connectivity index is 3.93. The van der Waals surface area contributed by atoms with Crippen LogP contribution in [0, 0.1) is 45.6 Å². The van der Waals surface area contributed by atoms with Crippen LogP contribution in [0.25, 0.3) is 0 Å². The van der Waals surface area contributed by atoms with E-state index in [0.29, 0.717) is 0 Å². The summed E-state index contributed by atoms with van der Waals surface area (Å²) in [5, 5.41) is 25.7. The fraction of sp³-hybridized carbons (Fsp3) is 0.182. The maximum absolute atomic E-state index is 13.5. The average molecular weight is 271 g/mol. The third-order valence-electron chi connectivity index (χ3n) is 2.24. The van der Waals surface area contributed by atoms with Gasteiger partial charge in [0.1, 0.15) is 17.7 Å². The quantitative estimate of drug-likeness (QED) is 0.737. The summed E-state index contributed by atoms with van der Waals surface area (Å²) in [7, 11) is 0. The molecule has 8 heteroatoms. The molecule has 0 heterocycles. The molecule has 0 atom stereocenters. The number of hydrogen-bond acceptors (Lipinski definition) is 3. The highest BCUT2D eigenvalue weighted by Crippen LogP contribution is 2.37. The molecule has 0 aliphatic rings. The highest BCUT2D eigenvalue weighted by atomic mass is 19.4. The molecule has 1 aromatic carbocycles. The average Bonchev–Trinajstić information content (AvgIpc) is 2.33. The van der Waals surface area contributed by atoms with Crippen molar-refractivity contribution in [3.63, 3.8) is 0 Å². The molecule has 0 amide bonds. The third kappa shape index (κ3) is 2.31. The van der Waals surface area contributed by atoms with Gasteiger partial charge in [-0.05, 0) is 0 Å². The van der Waals surface area contributed by atoms with Gasteiger partial charge < -0.3 is 0 Å². The lowest BCUT2D eigenvalue weighted by atomic mass is 9.94. The van der Waals surface area contributed by atoms with Crippen LogP contribution in [-0.4, -0.2) is 0 Å². The van der Waals surface area contributed by atoms with E-state index < -0.39 is 46.5 Å². The lowest BCUT2D eigenvalue weighted by Gasteiger charge is -2.14. The van der Waals surface area contributed by atoms with Crippen LogP contribution < -0.4 is 0 Å². The van der Waals surface area contributed by atoms with Crippen molar-refractivity contribution in [2.45, 2.75) is 12.6 Å². The number of hydrogen-bond donors (Lipinski definition) is 0. The van der Waals surface area contributed by atoms with E-state index in [-0.39, 0.29) is 0 Å². The van der Waals surface area contributed by atoms with Gasteiger partial charge in [0.15, 0.2) is 11.6 Å². The van der Waals surface area contributed by atoms with Crippen molar-refractivity contribution < 1.29 is 22.0 Å². The first-order valence-electron chi connectivity index (χ1n) is 4.57. The van der Waals surface area contributed by atoms with Crippen molar-refractivity contribution in [2.24, 2.45) is 0 Å². The standard InChI is InChI=1S/C11H2F5N3/c12-9-5(1-2-17)6(3-18)7(4-19)8(10(9)13)11(14,15)16/h1H2. The second-order valence-electron chi connectivity index (χ2n) is 3.29. The molecule has 0 aliphatic heterocycles. The first-order valence-corrected chi connectivity index (χ1v) is 4.57. The van der Waals surface area contributed by atoms with E-state index >= 15 is 0 Å². The maximum Gasteiger partial charge on any atom is 0.420 e. The summed E-state index contributed by atoms with van der Waals surface area (Å²) in [6, 6.07) is 3.62. The molecule has 0 bridgehead atoms. The molecule has 0 aliphatic carbocycles. The molecule has 19 heavy (non-hydrogen) atoms. The molecular weight excluding hydrogens is 269 g/mol. The van der Waals surface area contributed by atoms with Gasteiger partial charge in [0.05, 0.1) is 23.6 Å². The van der Waals surface area contributed by atoms with E-state index in [0.717, 1.165) is 6.07 Å². The van der Waals surface area contributed by atoms with E-state index in [4.69, 9.17) is 15.8 Å². The zero-order valence-corrected chi connectivity index (χ0v) is 8.94. The Labute approximate surface area is 103 Å². The normalized spacial score (nSPS) is 10.4. The Morgan fingerprint density at radius 3 is 1.79 bits per heavy atom. The minimum Gasteiger partial charge on any atom is -0.203 e. The van der Waals surface area contributed by atoms with E-state index in [9.17, 15) is 22.0 Å². The minimum atomic E-state index is -5.33. The molecule has 0 fully saturated rings. The Morgan fingerprint density at radius 1 is 0.895 bits per heavy atom. The van der Waals surface area contributed by atoms with Gasteiger partial charge in [-0.3, -0.25) is 0 Å². The van der Waals surface area contributed by atoms with Crippen LogP contribution >= 0.6 is 0 Å². The van der Waals surface area contributed by atoms with Crippen LogP contribution in [0.3, 0.4) is 0 Å². The molecule has 96 valence electrons. The van der Waals surface area contributed by atoms with Crippen molar-refractivity contribution in [1.82, 2.24) is 0 Å². The summed E-state index contributed by atoms with van der Waals surface area (Å²) in [6.45, 7) is 0. The van der Waals surface area contributed by atoms with E-state index in [1.807, 2.05) is 0 Å². The SMILES string of the molecule is N#CCc1c(F)c(F)c(C(F)(F)F)c(C#N)c1C#N. The van der Waals surface area contributed by atoms with Crippen LogP contribution in [0.5, 0.6) is 0 Å². The van der Waals surface area contributed by atoms with Gasteiger partial charge in [0.25, 0.3) is 0 Å². The van der Waals surface area contributed by atoms with E-state index in [1.165, 1.54) is 12.1 Å². The summed E-state index contributed by atoms with van der Waals surface area (Å²) < 4.78 is 64.6. The van der Waals surface area contributed by atoms with Gasteiger partial charge in [-0.1, -0.05) is 0 Å². The fourth-order valence-corrected chi connectivity index (χ4v) is 1.48. The first kappa shape index (κ1) is 14.4. The minimum absolute atomic E-state index is 0.821. The van der Waals surface area contributed by atoms with Crippen molar-refractivity contribution in [3.05, 3.63) is 33.9 Å². The first-order chi connectivity index (χ1) is 8.79. The van der Waals surface area contributed by atoms with Crippen molar-refractivity contribution >= 4 is 0 Å². The fourth-order valence-electron chi connectivity index (χ4n) is 1.48. The smallest absolute Gasteiger partial charge is 0.203 e. The molecule has 0 saturated carbocycles. The second kappa shape index (κ2) is 4.91. The number of nitrogens with zero attached hydrogens (tertiary/aromatic N) is 3. The number of nitriles is 3. The van der Waals surface area contributed by atoms with Gasteiger partial charge in [0.2, 0.25) is 0 Å². The molecule has 1 rings (SSSR count). The Bertz CT molecular complexity index is 656. The van der Waals surface area contributed by atoms with E-state index in [1.54, 1.807) is 0 Å². The van der Waals surface area contributed by atoms with Crippen molar-refractivity contribution in [1.29, 1.82) is 15.8 Å². The largest absolute Gasteiger partial charge is 0.420 e. The molecular formula is C11H2F5N3. The summed E-state index contributed by atoms with van der Waals surface area (Å²) in [6.07, 6.45) is -6.15. The predicted molar refractivity (Wildman–Crippen MR) is 50.1 cm³/mol. The summed E-state index contributed by atoms with van der Waals surface area (Å²) in [4.78, 5) is 0. The Hall–Kier alpha value is -2.66. The predicted octanol–water partition coefficient (Wildman–Crippen LogP) is 2.79. The Kier molecular flexibility index (Phi) is 3.72. The molecule has 0 radical (unpaired) electrons. The zero-order chi connectivity index (χ0) is 14.8. The third-order valence-corrected chi connectivity index (χ3v) is 2.24. The molecule has 0 saturated heterocycles. The van der Waals surface area contributed by atoms with Crippen molar-refractivity contribution in [2.75, 3.05) is 0 Å². The number of alkyl halides is 3. The number of benzene rings is 1. The van der Waals surface area contributed by atoms with Gasteiger partial charge in [-0.15, -0.1) is 0 Å².